The number of carbonyl (C=O) groups is 1. The number of hydrogen-bond donors (Lipinski definition) is 1. The minimum Gasteiger partial charge on any atom is -0.357 e. The van der Waals surface area contributed by atoms with E-state index in [4.69, 9.17) is 0 Å². The molecule has 1 amide bonds. The monoisotopic (exact) mass is 518 g/mol. The molecule has 1 aliphatic heterocycles. The fourth-order valence-corrected chi connectivity index (χ4v) is 4.85. The maximum Gasteiger partial charge on any atom is 0.501 e. The molecule has 0 saturated carbocycles. The summed E-state index contributed by atoms with van der Waals surface area (Å²) in [6, 6.07) is 15.4. The number of carbonyl (C=O) groups excluding carboxylic acids is 1. The van der Waals surface area contributed by atoms with Crippen LogP contribution in [-0.2, 0) is 16.4 Å². The third-order valence-corrected chi connectivity index (χ3v) is 7.65. The highest BCUT2D eigenvalue weighted by Crippen LogP contribution is 2.34. The van der Waals surface area contributed by atoms with Crippen molar-refractivity contribution >= 4 is 27.1 Å². The summed E-state index contributed by atoms with van der Waals surface area (Å²) in [7, 11) is -5.40. The molecule has 2 aromatic carbocycles. The normalized spacial score (nSPS) is 16.2. The van der Waals surface area contributed by atoms with Crippen molar-refractivity contribution in [3.05, 3.63) is 84.2 Å². The number of nitrogens with zero attached hydrogens (tertiary/aromatic N) is 3. The number of alkyl halides is 3. The fourth-order valence-electron chi connectivity index (χ4n) is 4.08. The highest BCUT2D eigenvalue weighted by atomic mass is 32.2. The predicted molar refractivity (Wildman–Crippen MR) is 130 cm³/mol. The highest BCUT2D eigenvalue weighted by molar-refractivity contribution is 7.92. The Morgan fingerprint density at radius 1 is 1.06 bits per heavy atom. The second kappa shape index (κ2) is 9.55. The molecule has 36 heavy (non-hydrogen) atoms. The smallest absolute Gasteiger partial charge is 0.357 e. The Labute approximate surface area is 207 Å². The molecular weight excluding hydrogens is 493 g/mol. The minimum absolute atomic E-state index is 0.249. The van der Waals surface area contributed by atoms with E-state index in [2.05, 4.69) is 15.2 Å². The molecule has 0 bridgehead atoms. The van der Waals surface area contributed by atoms with Crippen molar-refractivity contribution in [1.82, 2.24) is 9.88 Å². The summed E-state index contributed by atoms with van der Waals surface area (Å²) >= 11 is 0. The van der Waals surface area contributed by atoms with Gasteiger partial charge in [-0.25, -0.2) is 8.42 Å². The van der Waals surface area contributed by atoms with Gasteiger partial charge in [0.25, 0.3) is 15.7 Å². The number of amides is 1. The van der Waals surface area contributed by atoms with E-state index in [0.29, 0.717) is 36.7 Å². The Bertz CT molecular complexity index is 1340. The van der Waals surface area contributed by atoms with Gasteiger partial charge < -0.3 is 10.2 Å². The lowest BCUT2D eigenvalue weighted by Crippen LogP contribution is -2.39. The number of pyridine rings is 1. The van der Waals surface area contributed by atoms with Gasteiger partial charge in [0.2, 0.25) is 0 Å². The molecule has 0 aliphatic carbocycles. The summed E-state index contributed by atoms with van der Waals surface area (Å²) in [5.74, 6) is -0.249. The molecule has 0 atom stereocenters. The van der Waals surface area contributed by atoms with Gasteiger partial charge in [0, 0.05) is 36.1 Å². The summed E-state index contributed by atoms with van der Waals surface area (Å²) in [4.78, 5) is 20.1. The Balaban J connectivity index is 1.50. The first-order valence-corrected chi connectivity index (χ1v) is 12.6. The molecule has 3 aromatic rings. The van der Waals surface area contributed by atoms with E-state index >= 15 is 0 Å². The fraction of sp³-hybridized carbons (Fsp3) is 0.280. The van der Waals surface area contributed by atoms with E-state index in [1.54, 1.807) is 36.7 Å². The lowest BCUT2D eigenvalue weighted by atomic mass is 10.0. The van der Waals surface area contributed by atoms with Crippen molar-refractivity contribution in [2.75, 3.05) is 23.4 Å². The molecule has 1 aromatic heterocycles. The number of anilines is 2. The second-order valence-corrected chi connectivity index (χ2v) is 11.1. The average molecular weight is 519 g/mol. The average Bonchev–Trinajstić information content (AvgIpc) is 3.14. The van der Waals surface area contributed by atoms with Crippen LogP contribution in [0, 0.1) is 0 Å². The first kappa shape index (κ1) is 25.6. The third kappa shape index (κ3) is 5.21. The SMILES string of the molecule is CC1(C)CN(c2ccc(S(=O)(=O)C(F)(F)F)cc2)CN1Cc1ccncc1NC(=O)c1ccccc1. The van der Waals surface area contributed by atoms with E-state index < -0.39 is 20.2 Å². The lowest BCUT2D eigenvalue weighted by molar-refractivity contribution is -0.0436. The number of nitrogens with one attached hydrogen (secondary N) is 1. The summed E-state index contributed by atoms with van der Waals surface area (Å²) in [6.07, 6.45) is 3.24. The second-order valence-electron chi connectivity index (χ2n) is 9.15. The van der Waals surface area contributed by atoms with Crippen LogP contribution in [0.1, 0.15) is 29.8 Å². The van der Waals surface area contributed by atoms with Gasteiger partial charge in [0.1, 0.15) is 0 Å². The van der Waals surface area contributed by atoms with Gasteiger partial charge in [0.15, 0.2) is 0 Å². The van der Waals surface area contributed by atoms with Gasteiger partial charge in [-0.1, -0.05) is 18.2 Å². The maximum atomic E-state index is 12.9. The van der Waals surface area contributed by atoms with Crippen molar-refractivity contribution < 1.29 is 26.4 Å². The van der Waals surface area contributed by atoms with Crippen molar-refractivity contribution in [3.8, 4) is 0 Å². The van der Waals surface area contributed by atoms with Gasteiger partial charge in [0.05, 0.1) is 23.4 Å². The topological polar surface area (TPSA) is 82.6 Å². The van der Waals surface area contributed by atoms with Crippen LogP contribution < -0.4 is 10.2 Å². The van der Waals surface area contributed by atoms with Gasteiger partial charge >= 0.3 is 5.51 Å². The van der Waals surface area contributed by atoms with Crippen molar-refractivity contribution in [3.63, 3.8) is 0 Å². The van der Waals surface area contributed by atoms with Crippen molar-refractivity contribution in [2.45, 2.75) is 36.3 Å². The lowest BCUT2D eigenvalue weighted by Gasteiger charge is -2.30. The molecule has 0 radical (unpaired) electrons. The van der Waals surface area contributed by atoms with E-state index in [-0.39, 0.29) is 11.4 Å². The highest BCUT2D eigenvalue weighted by Gasteiger charge is 2.47. The number of rotatable bonds is 6. The quantitative estimate of drug-likeness (QED) is 0.510. The Morgan fingerprint density at radius 3 is 2.36 bits per heavy atom. The number of aromatic nitrogens is 1. The number of benzene rings is 2. The summed E-state index contributed by atoms with van der Waals surface area (Å²) in [5, 5.41) is 2.91. The first-order valence-electron chi connectivity index (χ1n) is 11.1. The predicted octanol–water partition coefficient (Wildman–Crippen LogP) is 4.69. The van der Waals surface area contributed by atoms with Gasteiger partial charge in [-0.15, -0.1) is 0 Å². The van der Waals surface area contributed by atoms with E-state index in [1.807, 2.05) is 30.9 Å². The summed E-state index contributed by atoms with van der Waals surface area (Å²) in [6.45, 7) is 5.58. The summed E-state index contributed by atoms with van der Waals surface area (Å²) in [5.41, 5.74) is -3.09. The summed E-state index contributed by atoms with van der Waals surface area (Å²) < 4.78 is 61.9. The molecular formula is C25H25F3N4O3S. The van der Waals surface area contributed by atoms with Gasteiger partial charge in [-0.05, 0) is 61.9 Å². The molecule has 0 spiro atoms. The maximum absolute atomic E-state index is 12.9. The van der Waals surface area contributed by atoms with Crippen molar-refractivity contribution in [2.24, 2.45) is 0 Å². The number of hydrogen-bond acceptors (Lipinski definition) is 6. The van der Waals surface area contributed by atoms with E-state index in [9.17, 15) is 26.4 Å². The molecule has 4 rings (SSSR count). The zero-order valence-electron chi connectivity index (χ0n) is 19.7. The van der Waals surface area contributed by atoms with Gasteiger partial charge in [-0.2, -0.15) is 13.2 Å². The van der Waals surface area contributed by atoms with Crippen LogP contribution in [0.5, 0.6) is 0 Å². The van der Waals surface area contributed by atoms with E-state index in [1.165, 1.54) is 12.1 Å². The van der Waals surface area contributed by atoms with Crippen LogP contribution in [0.15, 0.2) is 78.0 Å². The molecule has 2 heterocycles. The third-order valence-electron chi connectivity index (χ3n) is 6.15. The minimum atomic E-state index is -5.40. The zero-order valence-corrected chi connectivity index (χ0v) is 20.5. The molecule has 1 aliphatic rings. The Kier molecular flexibility index (Phi) is 6.80. The van der Waals surface area contributed by atoms with Crippen LogP contribution in [0.3, 0.4) is 0 Å². The Morgan fingerprint density at radius 2 is 1.72 bits per heavy atom. The first-order chi connectivity index (χ1) is 16.9. The molecule has 0 unspecified atom stereocenters. The van der Waals surface area contributed by atoms with Crippen LogP contribution in [-0.4, -0.2) is 48.5 Å². The zero-order chi connectivity index (χ0) is 26.1. The Hall–Kier alpha value is -3.44. The van der Waals surface area contributed by atoms with Gasteiger partial charge in [-0.3, -0.25) is 14.7 Å². The van der Waals surface area contributed by atoms with Crippen LogP contribution in [0.4, 0.5) is 24.5 Å². The van der Waals surface area contributed by atoms with Crippen molar-refractivity contribution in [1.29, 1.82) is 0 Å². The van der Waals surface area contributed by atoms with E-state index in [0.717, 1.165) is 17.7 Å². The standard InChI is InChI=1S/C25H25F3N4O3S/c1-24(2)16-31(20-8-10-21(11-9-20)36(34,35)25(26,27)28)17-32(24)15-19-12-13-29-14-22(19)30-23(33)18-6-4-3-5-7-18/h3-14H,15-17H2,1-2H3,(H,30,33). The van der Waals surface area contributed by atoms with Crippen LogP contribution >= 0.6 is 0 Å². The molecule has 7 nitrogen and oxygen atoms in total. The number of halogens is 3. The molecule has 1 fully saturated rings. The van der Waals surface area contributed by atoms with Crippen LogP contribution in [0.25, 0.3) is 0 Å². The molecule has 1 N–H and O–H groups in total. The van der Waals surface area contributed by atoms with Crippen LogP contribution in [0.2, 0.25) is 0 Å². The molecule has 1 saturated heterocycles. The molecule has 11 heteroatoms. The molecule has 190 valence electrons. The largest absolute Gasteiger partial charge is 0.501 e. The number of sulfone groups is 1.